The number of hydrogen-bond donors (Lipinski definition) is 1. The Balaban J connectivity index is 2.02. The molecule has 3 rings (SSSR count). The zero-order valence-electron chi connectivity index (χ0n) is 12.1. The van der Waals surface area contributed by atoms with Gasteiger partial charge in [0.2, 0.25) is 0 Å². The number of benzene rings is 1. The second kappa shape index (κ2) is 6.02. The van der Waals surface area contributed by atoms with Crippen molar-refractivity contribution in [1.82, 2.24) is 10.3 Å². The molecule has 1 unspecified atom stereocenters. The number of nitrogens with one attached hydrogen (secondary N) is 1. The second-order valence-corrected chi connectivity index (χ2v) is 6.47. The average molecular weight is 287 g/mol. The number of nitrogens with zero attached hydrogens (tertiary/aromatic N) is 2. The predicted octanol–water partition coefficient (Wildman–Crippen LogP) is 2.90. The molecule has 1 aromatic heterocycles. The Labute approximate surface area is 124 Å². The SMILES string of the molecule is CNCc1cc(N(C)C2CCSC2)nc2ccccc12. The summed E-state index contributed by atoms with van der Waals surface area (Å²) in [7, 11) is 4.17. The van der Waals surface area contributed by atoms with Gasteiger partial charge in [-0.3, -0.25) is 0 Å². The van der Waals surface area contributed by atoms with E-state index in [0.717, 1.165) is 17.9 Å². The number of fused-ring (bicyclic) bond motifs is 1. The minimum atomic E-state index is 0.621. The molecule has 0 amide bonds. The molecule has 0 aliphatic carbocycles. The summed E-state index contributed by atoms with van der Waals surface area (Å²) in [6.45, 7) is 0.878. The van der Waals surface area contributed by atoms with Crippen LogP contribution in [0, 0.1) is 0 Å². The first-order chi connectivity index (χ1) is 9.79. The van der Waals surface area contributed by atoms with E-state index < -0.39 is 0 Å². The van der Waals surface area contributed by atoms with Gasteiger partial charge in [-0.1, -0.05) is 18.2 Å². The first kappa shape index (κ1) is 13.7. The van der Waals surface area contributed by atoms with Gasteiger partial charge in [0, 0.05) is 30.8 Å². The molecule has 2 aromatic rings. The summed E-state index contributed by atoms with van der Waals surface area (Å²) >= 11 is 2.04. The lowest BCUT2D eigenvalue weighted by Gasteiger charge is -2.26. The van der Waals surface area contributed by atoms with E-state index in [0.29, 0.717) is 6.04 Å². The van der Waals surface area contributed by atoms with Crippen molar-refractivity contribution < 1.29 is 0 Å². The van der Waals surface area contributed by atoms with Crippen molar-refractivity contribution in [3.63, 3.8) is 0 Å². The first-order valence-corrected chi connectivity index (χ1v) is 8.29. The van der Waals surface area contributed by atoms with Gasteiger partial charge in [0.05, 0.1) is 5.52 Å². The van der Waals surface area contributed by atoms with Crippen LogP contribution in [0.5, 0.6) is 0 Å². The fraction of sp³-hybridized carbons (Fsp3) is 0.438. The summed E-state index contributed by atoms with van der Waals surface area (Å²) in [5.41, 5.74) is 2.42. The Morgan fingerprint density at radius 1 is 1.40 bits per heavy atom. The van der Waals surface area contributed by atoms with Gasteiger partial charge in [-0.15, -0.1) is 0 Å². The zero-order chi connectivity index (χ0) is 13.9. The van der Waals surface area contributed by atoms with Crippen LogP contribution in [-0.4, -0.2) is 36.6 Å². The van der Waals surface area contributed by atoms with Gasteiger partial charge >= 0.3 is 0 Å². The van der Waals surface area contributed by atoms with Gasteiger partial charge in [0.1, 0.15) is 5.82 Å². The number of para-hydroxylation sites is 1. The summed E-state index contributed by atoms with van der Waals surface area (Å²) in [6.07, 6.45) is 1.26. The van der Waals surface area contributed by atoms with E-state index in [1.165, 1.54) is 28.9 Å². The highest BCUT2D eigenvalue weighted by Gasteiger charge is 2.21. The predicted molar refractivity (Wildman–Crippen MR) is 88.6 cm³/mol. The molecule has 4 heteroatoms. The maximum atomic E-state index is 4.85. The summed E-state index contributed by atoms with van der Waals surface area (Å²) in [5, 5.41) is 4.51. The maximum absolute atomic E-state index is 4.85. The molecule has 1 fully saturated rings. The summed E-state index contributed by atoms with van der Waals surface area (Å²) < 4.78 is 0. The van der Waals surface area contributed by atoms with Crippen molar-refractivity contribution in [2.24, 2.45) is 0 Å². The maximum Gasteiger partial charge on any atom is 0.129 e. The molecule has 2 heterocycles. The highest BCUT2D eigenvalue weighted by Crippen LogP contribution is 2.28. The highest BCUT2D eigenvalue weighted by atomic mass is 32.2. The van der Waals surface area contributed by atoms with E-state index in [-0.39, 0.29) is 0 Å². The van der Waals surface area contributed by atoms with Crippen LogP contribution in [0.15, 0.2) is 30.3 Å². The minimum Gasteiger partial charge on any atom is -0.356 e. The quantitative estimate of drug-likeness (QED) is 0.936. The molecule has 1 N–H and O–H groups in total. The number of aromatic nitrogens is 1. The molecular formula is C16H21N3S. The van der Waals surface area contributed by atoms with E-state index in [4.69, 9.17) is 4.98 Å². The summed E-state index contributed by atoms with van der Waals surface area (Å²) in [6, 6.07) is 11.3. The Bertz CT molecular complexity index is 593. The van der Waals surface area contributed by atoms with Gasteiger partial charge < -0.3 is 10.2 Å². The third-order valence-electron chi connectivity index (χ3n) is 3.97. The Hall–Kier alpha value is -1.26. The van der Waals surface area contributed by atoms with Crippen molar-refractivity contribution in [3.8, 4) is 0 Å². The fourth-order valence-corrected chi connectivity index (χ4v) is 4.03. The molecule has 20 heavy (non-hydrogen) atoms. The first-order valence-electron chi connectivity index (χ1n) is 7.13. The summed E-state index contributed by atoms with van der Waals surface area (Å²) in [5.74, 6) is 3.58. The van der Waals surface area contributed by atoms with Crippen LogP contribution < -0.4 is 10.2 Å². The van der Waals surface area contributed by atoms with Crippen LogP contribution >= 0.6 is 11.8 Å². The number of rotatable bonds is 4. The van der Waals surface area contributed by atoms with E-state index in [1.54, 1.807) is 0 Å². The Morgan fingerprint density at radius 3 is 3.00 bits per heavy atom. The standard InChI is InChI=1S/C16H21N3S/c1-17-10-12-9-16(19(2)13-7-8-20-11-13)18-15-6-4-3-5-14(12)15/h3-6,9,13,17H,7-8,10-11H2,1-2H3. The zero-order valence-corrected chi connectivity index (χ0v) is 12.9. The lowest BCUT2D eigenvalue weighted by atomic mass is 10.1. The van der Waals surface area contributed by atoms with Crippen LogP contribution in [0.2, 0.25) is 0 Å². The number of anilines is 1. The average Bonchev–Trinajstić information content (AvgIpc) is 3.01. The molecule has 1 aromatic carbocycles. The number of hydrogen-bond acceptors (Lipinski definition) is 4. The molecule has 3 nitrogen and oxygen atoms in total. The van der Waals surface area contributed by atoms with Crippen LogP contribution in [0.4, 0.5) is 5.82 Å². The van der Waals surface area contributed by atoms with E-state index in [9.17, 15) is 0 Å². The molecule has 1 aliphatic rings. The number of pyridine rings is 1. The lowest BCUT2D eigenvalue weighted by Crippen LogP contribution is -2.32. The normalized spacial score (nSPS) is 18.6. The van der Waals surface area contributed by atoms with Crippen LogP contribution in [0.3, 0.4) is 0 Å². The van der Waals surface area contributed by atoms with Gasteiger partial charge in [-0.2, -0.15) is 11.8 Å². The molecule has 1 atom stereocenters. The van der Waals surface area contributed by atoms with Crippen molar-refractivity contribution in [2.45, 2.75) is 19.0 Å². The fourth-order valence-electron chi connectivity index (χ4n) is 2.76. The minimum absolute atomic E-state index is 0.621. The van der Waals surface area contributed by atoms with E-state index in [2.05, 4.69) is 47.6 Å². The topological polar surface area (TPSA) is 28.2 Å². The molecule has 106 valence electrons. The third-order valence-corrected chi connectivity index (χ3v) is 5.12. The van der Waals surface area contributed by atoms with Crippen LogP contribution in [-0.2, 0) is 6.54 Å². The molecule has 0 bridgehead atoms. The van der Waals surface area contributed by atoms with Crippen molar-refractivity contribution in [3.05, 3.63) is 35.9 Å². The Morgan fingerprint density at radius 2 is 2.25 bits per heavy atom. The molecule has 0 saturated carbocycles. The van der Waals surface area contributed by atoms with Gasteiger partial charge in [0.25, 0.3) is 0 Å². The van der Waals surface area contributed by atoms with Crippen LogP contribution in [0.25, 0.3) is 10.9 Å². The van der Waals surface area contributed by atoms with E-state index >= 15 is 0 Å². The molecular weight excluding hydrogens is 266 g/mol. The van der Waals surface area contributed by atoms with Crippen molar-refractivity contribution in [1.29, 1.82) is 0 Å². The Kier molecular flexibility index (Phi) is 4.13. The largest absolute Gasteiger partial charge is 0.356 e. The third kappa shape index (κ3) is 2.63. The van der Waals surface area contributed by atoms with Crippen LogP contribution in [0.1, 0.15) is 12.0 Å². The second-order valence-electron chi connectivity index (χ2n) is 5.32. The van der Waals surface area contributed by atoms with E-state index in [1.807, 2.05) is 18.8 Å². The van der Waals surface area contributed by atoms with Gasteiger partial charge in [-0.25, -0.2) is 4.98 Å². The summed E-state index contributed by atoms with van der Waals surface area (Å²) in [4.78, 5) is 7.20. The molecule has 0 radical (unpaired) electrons. The molecule has 1 saturated heterocycles. The van der Waals surface area contributed by atoms with Gasteiger partial charge in [-0.05, 0) is 36.9 Å². The monoisotopic (exact) mass is 287 g/mol. The van der Waals surface area contributed by atoms with Crippen molar-refractivity contribution >= 4 is 28.5 Å². The lowest BCUT2D eigenvalue weighted by molar-refractivity contribution is 0.692. The van der Waals surface area contributed by atoms with Crippen molar-refractivity contribution in [2.75, 3.05) is 30.5 Å². The smallest absolute Gasteiger partial charge is 0.129 e. The number of thioether (sulfide) groups is 1. The molecule has 0 spiro atoms. The molecule has 1 aliphatic heterocycles. The van der Waals surface area contributed by atoms with Gasteiger partial charge in [0.15, 0.2) is 0 Å². The highest BCUT2D eigenvalue weighted by molar-refractivity contribution is 7.99.